The summed E-state index contributed by atoms with van der Waals surface area (Å²) in [6, 6.07) is 3.18. The second-order valence-electron chi connectivity index (χ2n) is 5.38. The molecule has 1 aromatic rings. The molecule has 3 N–H and O–H groups in total. The van der Waals surface area contributed by atoms with Crippen LogP contribution in [-0.2, 0) is 0 Å². The van der Waals surface area contributed by atoms with Crippen LogP contribution in [-0.4, -0.2) is 36.5 Å². The Kier molecular flexibility index (Phi) is 4.65. The van der Waals surface area contributed by atoms with E-state index in [1.807, 2.05) is 0 Å². The molecule has 0 bridgehead atoms. The highest BCUT2D eigenvalue weighted by atomic mass is 79.9. The summed E-state index contributed by atoms with van der Waals surface area (Å²) in [6.45, 7) is 3.10. The van der Waals surface area contributed by atoms with Crippen molar-refractivity contribution in [1.82, 2.24) is 10.2 Å². The molecule has 0 radical (unpaired) electrons. The third kappa shape index (κ3) is 3.30. The van der Waals surface area contributed by atoms with E-state index in [1.165, 1.54) is 12.1 Å². The Morgan fingerprint density at radius 1 is 1.55 bits per heavy atom. The first-order chi connectivity index (χ1) is 9.38. The molecule has 0 saturated carbocycles. The van der Waals surface area contributed by atoms with Crippen LogP contribution in [0.15, 0.2) is 16.6 Å². The van der Waals surface area contributed by atoms with Crippen molar-refractivity contribution in [3.05, 3.63) is 28.0 Å². The normalized spacial score (nSPS) is 23.6. The Bertz CT molecular complexity index is 523. The summed E-state index contributed by atoms with van der Waals surface area (Å²) in [5.41, 5.74) is 5.87. The molecule has 1 aliphatic rings. The van der Waals surface area contributed by atoms with Gasteiger partial charge in [-0.1, -0.05) is 0 Å². The second kappa shape index (κ2) is 6.10. The standard InChI is InChI=1S/C14H19BrFN3O/c1-8-5-9(3-4-19(8)2)18-14(20)10-6-13(17)12(16)7-11(10)15/h6-9H,3-5,17H2,1-2H3,(H,18,20). The monoisotopic (exact) mass is 343 g/mol. The van der Waals surface area contributed by atoms with Crippen LogP contribution < -0.4 is 11.1 Å². The quantitative estimate of drug-likeness (QED) is 0.810. The van der Waals surface area contributed by atoms with Crippen LogP contribution in [0.5, 0.6) is 0 Å². The van der Waals surface area contributed by atoms with Gasteiger partial charge in [-0.15, -0.1) is 0 Å². The number of likely N-dealkylation sites (tertiary alicyclic amines) is 1. The van der Waals surface area contributed by atoms with E-state index in [0.717, 1.165) is 19.4 Å². The Morgan fingerprint density at radius 3 is 2.90 bits per heavy atom. The molecule has 1 aromatic carbocycles. The zero-order valence-electron chi connectivity index (χ0n) is 11.6. The first-order valence-corrected chi connectivity index (χ1v) is 7.43. The maximum Gasteiger partial charge on any atom is 0.252 e. The molecular weight excluding hydrogens is 325 g/mol. The van der Waals surface area contributed by atoms with Crippen molar-refractivity contribution in [2.24, 2.45) is 0 Å². The van der Waals surface area contributed by atoms with Gasteiger partial charge in [-0.3, -0.25) is 4.79 Å². The lowest BCUT2D eigenvalue weighted by Gasteiger charge is -2.35. The molecule has 1 amide bonds. The summed E-state index contributed by atoms with van der Waals surface area (Å²) >= 11 is 3.20. The number of nitrogens with zero attached hydrogens (tertiary/aromatic N) is 1. The van der Waals surface area contributed by atoms with Gasteiger partial charge in [-0.25, -0.2) is 4.39 Å². The van der Waals surface area contributed by atoms with Crippen molar-refractivity contribution in [1.29, 1.82) is 0 Å². The summed E-state index contributed by atoms with van der Waals surface area (Å²) < 4.78 is 13.7. The van der Waals surface area contributed by atoms with E-state index in [9.17, 15) is 9.18 Å². The zero-order valence-corrected chi connectivity index (χ0v) is 13.2. The van der Waals surface area contributed by atoms with Crippen LogP contribution in [0.1, 0.15) is 30.1 Å². The number of amides is 1. The topological polar surface area (TPSA) is 58.4 Å². The molecule has 1 fully saturated rings. The molecule has 2 unspecified atom stereocenters. The van der Waals surface area contributed by atoms with E-state index in [2.05, 4.69) is 40.1 Å². The molecule has 1 saturated heterocycles. The highest BCUT2D eigenvalue weighted by molar-refractivity contribution is 9.10. The molecule has 6 heteroatoms. The van der Waals surface area contributed by atoms with Crippen LogP contribution in [0.3, 0.4) is 0 Å². The largest absolute Gasteiger partial charge is 0.396 e. The minimum Gasteiger partial charge on any atom is -0.396 e. The van der Waals surface area contributed by atoms with Crippen molar-refractivity contribution in [3.63, 3.8) is 0 Å². The van der Waals surface area contributed by atoms with E-state index in [4.69, 9.17) is 5.73 Å². The Hall–Kier alpha value is -1.14. The highest BCUT2D eigenvalue weighted by Gasteiger charge is 2.25. The van der Waals surface area contributed by atoms with Crippen molar-refractivity contribution in [3.8, 4) is 0 Å². The lowest BCUT2D eigenvalue weighted by atomic mass is 9.98. The molecule has 2 rings (SSSR count). The van der Waals surface area contributed by atoms with E-state index in [0.29, 0.717) is 16.1 Å². The third-order valence-corrected chi connectivity index (χ3v) is 4.53. The number of carbonyl (C=O) groups excluding carboxylic acids is 1. The fraction of sp³-hybridized carbons (Fsp3) is 0.500. The number of hydrogen-bond donors (Lipinski definition) is 2. The number of piperidine rings is 1. The molecule has 110 valence electrons. The van der Waals surface area contributed by atoms with E-state index < -0.39 is 5.82 Å². The summed E-state index contributed by atoms with van der Waals surface area (Å²) in [5.74, 6) is -0.744. The molecule has 1 heterocycles. The van der Waals surface area contributed by atoms with Gasteiger partial charge in [0.05, 0.1) is 11.3 Å². The summed E-state index contributed by atoms with van der Waals surface area (Å²) in [5, 5.41) is 3.00. The average molecular weight is 344 g/mol. The number of benzene rings is 1. The first-order valence-electron chi connectivity index (χ1n) is 6.64. The van der Waals surface area contributed by atoms with Crippen LogP contribution in [0.4, 0.5) is 10.1 Å². The molecular formula is C14H19BrFN3O. The number of nitrogens with two attached hydrogens (primary N) is 1. The number of rotatable bonds is 2. The SMILES string of the molecule is CC1CC(NC(=O)c2cc(N)c(F)cc2Br)CCN1C. The molecule has 0 aromatic heterocycles. The average Bonchev–Trinajstić information content (AvgIpc) is 2.38. The van der Waals surface area contributed by atoms with Gasteiger partial charge in [-0.2, -0.15) is 0 Å². The first kappa shape index (κ1) is 15.3. The maximum absolute atomic E-state index is 13.3. The van der Waals surface area contributed by atoms with Gasteiger partial charge in [0.2, 0.25) is 0 Å². The Morgan fingerprint density at radius 2 is 2.25 bits per heavy atom. The van der Waals surface area contributed by atoms with Gasteiger partial charge < -0.3 is 16.0 Å². The van der Waals surface area contributed by atoms with Gasteiger partial charge >= 0.3 is 0 Å². The number of carbonyl (C=O) groups is 1. The number of halogens is 2. The van der Waals surface area contributed by atoms with Crippen molar-refractivity contribution in [2.45, 2.75) is 31.8 Å². The molecule has 20 heavy (non-hydrogen) atoms. The van der Waals surface area contributed by atoms with Crippen molar-refractivity contribution < 1.29 is 9.18 Å². The van der Waals surface area contributed by atoms with E-state index >= 15 is 0 Å². The van der Waals surface area contributed by atoms with Crippen molar-refractivity contribution >= 4 is 27.5 Å². The number of anilines is 1. The predicted octanol–water partition coefficient (Wildman–Crippen LogP) is 2.38. The maximum atomic E-state index is 13.3. The molecule has 4 nitrogen and oxygen atoms in total. The van der Waals surface area contributed by atoms with Crippen LogP contribution in [0.25, 0.3) is 0 Å². The van der Waals surface area contributed by atoms with Gasteiger partial charge in [-0.05, 0) is 54.9 Å². The Balaban J connectivity index is 2.07. The van der Waals surface area contributed by atoms with Gasteiger partial charge in [0.1, 0.15) is 5.82 Å². The smallest absolute Gasteiger partial charge is 0.252 e. The molecule has 2 atom stereocenters. The molecule has 0 aliphatic carbocycles. The summed E-state index contributed by atoms with van der Waals surface area (Å²) in [6.07, 6.45) is 1.83. The number of nitrogens with one attached hydrogen (secondary N) is 1. The van der Waals surface area contributed by atoms with Crippen molar-refractivity contribution in [2.75, 3.05) is 19.3 Å². The number of hydrogen-bond acceptors (Lipinski definition) is 3. The summed E-state index contributed by atoms with van der Waals surface area (Å²) in [4.78, 5) is 14.5. The fourth-order valence-corrected chi connectivity index (χ4v) is 2.92. The van der Waals surface area contributed by atoms with Gasteiger partial charge in [0.25, 0.3) is 5.91 Å². The van der Waals surface area contributed by atoms with Gasteiger partial charge in [0.15, 0.2) is 0 Å². The molecule has 0 spiro atoms. The third-order valence-electron chi connectivity index (χ3n) is 3.87. The zero-order chi connectivity index (χ0) is 14.9. The lowest BCUT2D eigenvalue weighted by Crippen LogP contribution is -2.47. The fourth-order valence-electron chi connectivity index (χ4n) is 2.42. The van der Waals surface area contributed by atoms with Crippen LogP contribution >= 0.6 is 15.9 Å². The number of nitrogen functional groups attached to an aromatic ring is 1. The summed E-state index contributed by atoms with van der Waals surface area (Å²) in [7, 11) is 2.08. The van der Waals surface area contributed by atoms with Crippen LogP contribution in [0, 0.1) is 5.82 Å². The highest BCUT2D eigenvalue weighted by Crippen LogP contribution is 2.23. The minimum absolute atomic E-state index is 0.0184. The Labute approximate surface area is 126 Å². The predicted molar refractivity (Wildman–Crippen MR) is 81.1 cm³/mol. The minimum atomic E-state index is -0.527. The molecule has 1 aliphatic heterocycles. The lowest BCUT2D eigenvalue weighted by molar-refractivity contribution is 0.0896. The van der Waals surface area contributed by atoms with E-state index in [1.54, 1.807) is 0 Å². The van der Waals surface area contributed by atoms with Gasteiger partial charge in [0, 0.05) is 23.1 Å². The van der Waals surface area contributed by atoms with E-state index in [-0.39, 0.29) is 17.6 Å². The van der Waals surface area contributed by atoms with Crippen LogP contribution in [0.2, 0.25) is 0 Å². The second-order valence-corrected chi connectivity index (χ2v) is 6.23.